The monoisotopic (exact) mass is 250 g/mol. The summed E-state index contributed by atoms with van der Waals surface area (Å²) in [5.41, 5.74) is 6.11. The first kappa shape index (κ1) is 12.5. The summed E-state index contributed by atoms with van der Waals surface area (Å²) >= 11 is 0. The standard InChI is InChI=1S/C15H26N2O/c1-11(12-6-3-2-4-7-12)17-10-13(16)15(14(17)18)8-5-9-15/h11-13H,2-10,16H2,1H3. The average molecular weight is 250 g/mol. The lowest BCUT2D eigenvalue weighted by Crippen LogP contribution is -2.49. The highest BCUT2D eigenvalue weighted by Crippen LogP contribution is 2.49. The summed E-state index contributed by atoms with van der Waals surface area (Å²) in [5, 5.41) is 0. The van der Waals surface area contributed by atoms with E-state index in [4.69, 9.17) is 5.73 Å². The van der Waals surface area contributed by atoms with Crippen LogP contribution in [0.15, 0.2) is 0 Å². The predicted octanol–water partition coefficient (Wildman–Crippen LogP) is 2.30. The Morgan fingerprint density at radius 3 is 2.39 bits per heavy atom. The molecule has 2 saturated carbocycles. The zero-order valence-electron chi connectivity index (χ0n) is 11.5. The van der Waals surface area contributed by atoms with E-state index in [0.29, 0.717) is 17.9 Å². The first-order valence-corrected chi connectivity index (χ1v) is 7.72. The summed E-state index contributed by atoms with van der Waals surface area (Å²) < 4.78 is 0. The van der Waals surface area contributed by atoms with Gasteiger partial charge in [0, 0.05) is 18.6 Å². The van der Waals surface area contributed by atoms with Crippen molar-refractivity contribution in [2.24, 2.45) is 17.1 Å². The van der Waals surface area contributed by atoms with Crippen molar-refractivity contribution in [3.8, 4) is 0 Å². The lowest BCUT2D eigenvalue weighted by atomic mass is 9.65. The van der Waals surface area contributed by atoms with Gasteiger partial charge in [0.25, 0.3) is 0 Å². The second-order valence-corrected chi connectivity index (χ2v) is 6.71. The van der Waals surface area contributed by atoms with Gasteiger partial charge in [-0.05, 0) is 38.5 Å². The van der Waals surface area contributed by atoms with E-state index < -0.39 is 0 Å². The van der Waals surface area contributed by atoms with Gasteiger partial charge in [0.2, 0.25) is 5.91 Å². The summed E-state index contributed by atoms with van der Waals surface area (Å²) in [5.74, 6) is 1.09. The number of amides is 1. The highest BCUT2D eigenvalue weighted by molar-refractivity contribution is 5.87. The van der Waals surface area contributed by atoms with Crippen molar-refractivity contribution < 1.29 is 4.79 Å². The van der Waals surface area contributed by atoms with Crippen LogP contribution in [0.1, 0.15) is 58.3 Å². The molecule has 1 amide bonds. The Balaban J connectivity index is 1.71. The SMILES string of the molecule is CC(C1CCCCC1)N1CC(N)C2(CCC2)C1=O. The highest BCUT2D eigenvalue weighted by Gasteiger charge is 2.57. The second kappa shape index (κ2) is 4.52. The van der Waals surface area contributed by atoms with Gasteiger partial charge in [-0.2, -0.15) is 0 Å². The van der Waals surface area contributed by atoms with Crippen LogP contribution in [0.25, 0.3) is 0 Å². The van der Waals surface area contributed by atoms with Crippen LogP contribution in [0.3, 0.4) is 0 Å². The van der Waals surface area contributed by atoms with E-state index >= 15 is 0 Å². The van der Waals surface area contributed by atoms with Gasteiger partial charge < -0.3 is 10.6 Å². The quantitative estimate of drug-likeness (QED) is 0.817. The summed E-state index contributed by atoms with van der Waals surface area (Å²) in [6, 6.07) is 0.494. The molecule has 1 saturated heterocycles. The first-order valence-electron chi connectivity index (χ1n) is 7.72. The van der Waals surface area contributed by atoms with Crippen LogP contribution in [-0.2, 0) is 4.79 Å². The summed E-state index contributed by atoms with van der Waals surface area (Å²) in [7, 11) is 0. The lowest BCUT2D eigenvalue weighted by Gasteiger charge is -2.40. The van der Waals surface area contributed by atoms with Crippen molar-refractivity contribution in [3.63, 3.8) is 0 Å². The van der Waals surface area contributed by atoms with Gasteiger partial charge in [-0.1, -0.05) is 25.7 Å². The molecule has 1 spiro atoms. The zero-order valence-corrected chi connectivity index (χ0v) is 11.5. The summed E-state index contributed by atoms with van der Waals surface area (Å²) in [6.07, 6.45) is 9.90. The van der Waals surface area contributed by atoms with Crippen molar-refractivity contribution in [2.75, 3.05) is 6.54 Å². The smallest absolute Gasteiger partial charge is 0.230 e. The molecule has 3 nitrogen and oxygen atoms in total. The Labute approximate surface area is 110 Å². The van der Waals surface area contributed by atoms with E-state index in [-0.39, 0.29) is 11.5 Å². The van der Waals surface area contributed by atoms with E-state index in [2.05, 4.69) is 11.8 Å². The number of nitrogens with zero attached hydrogens (tertiary/aromatic N) is 1. The van der Waals surface area contributed by atoms with Crippen LogP contribution < -0.4 is 5.73 Å². The fraction of sp³-hybridized carbons (Fsp3) is 0.933. The van der Waals surface area contributed by atoms with E-state index in [1.165, 1.54) is 38.5 Å². The molecular weight excluding hydrogens is 224 g/mol. The molecule has 3 rings (SSSR count). The maximum absolute atomic E-state index is 12.7. The van der Waals surface area contributed by atoms with Crippen LogP contribution in [0.5, 0.6) is 0 Å². The van der Waals surface area contributed by atoms with Crippen LogP contribution in [0.4, 0.5) is 0 Å². The number of rotatable bonds is 2. The van der Waals surface area contributed by atoms with Crippen LogP contribution in [0, 0.1) is 11.3 Å². The number of hydrogen-bond acceptors (Lipinski definition) is 2. The summed E-state index contributed by atoms with van der Waals surface area (Å²) in [6.45, 7) is 3.05. The molecule has 0 bridgehead atoms. The number of carbonyl (C=O) groups excluding carboxylic acids is 1. The Hall–Kier alpha value is -0.570. The molecule has 2 atom stereocenters. The van der Waals surface area contributed by atoms with E-state index in [1.807, 2.05) is 0 Å². The predicted molar refractivity (Wildman–Crippen MR) is 72.0 cm³/mol. The fourth-order valence-electron chi connectivity index (χ4n) is 4.28. The molecule has 2 unspecified atom stereocenters. The largest absolute Gasteiger partial charge is 0.338 e. The lowest BCUT2D eigenvalue weighted by molar-refractivity contribution is -0.143. The van der Waals surface area contributed by atoms with Crippen LogP contribution >= 0.6 is 0 Å². The third kappa shape index (κ3) is 1.70. The topological polar surface area (TPSA) is 46.3 Å². The molecule has 0 aromatic rings. The fourth-order valence-corrected chi connectivity index (χ4v) is 4.28. The van der Waals surface area contributed by atoms with Crippen molar-refractivity contribution in [1.82, 2.24) is 4.90 Å². The molecule has 2 N–H and O–H groups in total. The third-order valence-electron chi connectivity index (χ3n) is 5.86. The number of carbonyl (C=O) groups is 1. The highest BCUT2D eigenvalue weighted by atomic mass is 16.2. The molecule has 0 aromatic heterocycles. The molecule has 18 heavy (non-hydrogen) atoms. The van der Waals surface area contributed by atoms with E-state index in [1.54, 1.807) is 0 Å². The minimum absolute atomic E-state index is 0.0878. The molecule has 102 valence electrons. The zero-order chi connectivity index (χ0) is 12.8. The minimum Gasteiger partial charge on any atom is -0.338 e. The third-order valence-corrected chi connectivity index (χ3v) is 5.86. The Morgan fingerprint density at radius 2 is 1.89 bits per heavy atom. The second-order valence-electron chi connectivity index (χ2n) is 6.71. The van der Waals surface area contributed by atoms with E-state index in [0.717, 1.165) is 19.4 Å². The molecule has 1 heterocycles. The Bertz CT molecular complexity index is 331. The number of nitrogens with two attached hydrogens (primary N) is 1. The minimum atomic E-state index is -0.150. The van der Waals surface area contributed by atoms with Crippen molar-refractivity contribution in [2.45, 2.75) is 70.4 Å². The van der Waals surface area contributed by atoms with Gasteiger partial charge >= 0.3 is 0 Å². The number of likely N-dealkylation sites (tertiary alicyclic amines) is 1. The molecule has 2 aliphatic carbocycles. The van der Waals surface area contributed by atoms with Gasteiger partial charge in [0.05, 0.1) is 5.41 Å². The van der Waals surface area contributed by atoms with Crippen molar-refractivity contribution in [3.05, 3.63) is 0 Å². The van der Waals surface area contributed by atoms with Gasteiger partial charge in [0.15, 0.2) is 0 Å². The molecule has 3 heteroatoms. The van der Waals surface area contributed by atoms with Crippen molar-refractivity contribution >= 4 is 5.91 Å². The maximum atomic E-state index is 12.7. The average Bonchev–Trinajstić information content (AvgIpc) is 2.61. The normalized spacial score (nSPS) is 33.8. The molecule has 1 aliphatic heterocycles. The first-order chi connectivity index (χ1) is 8.65. The van der Waals surface area contributed by atoms with Gasteiger partial charge in [-0.3, -0.25) is 4.79 Å². The summed E-state index contributed by atoms with van der Waals surface area (Å²) in [4.78, 5) is 14.8. The van der Waals surface area contributed by atoms with Crippen LogP contribution in [-0.4, -0.2) is 29.4 Å². The Kier molecular flexibility index (Phi) is 3.13. The molecule has 0 aromatic carbocycles. The maximum Gasteiger partial charge on any atom is 0.230 e. The van der Waals surface area contributed by atoms with Gasteiger partial charge in [-0.15, -0.1) is 0 Å². The number of hydrogen-bond donors (Lipinski definition) is 1. The molecule has 0 radical (unpaired) electrons. The molecular formula is C15H26N2O. The Morgan fingerprint density at radius 1 is 1.22 bits per heavy atom. The molecule has 3 aliphatic rings. The van der Waals surface area contributed by atoms with Gasteiger partial charge in [-0.25, -0.2) is 0 Å². The van der Waals surface area contributed by atoms with Crippen molar-refractivity contribution in [1.29, 1.82) is 0 Å². The van der Waals surface area contributed by atoms with Crippen LogP contribution in [0.2, 0.25) is 0 Å². The van der Waals surface area contributed by atoms with E-state index in [9.17, 15) is 4.79 Å². The molecule has 3 fully saturated rings. The van der Waals surface area contributed by atoms with Gasteiger partial charge in [0.1, 0.15) is 0 Å².